The van der Waals surface area contributed by atoms with Crippen LogP contribution in [0.4, 0.5) is 11.6 Å². The number of aromatic nitrogens is 2. The highest BCUT2D eigenvalue weighted by molar-refractivity contribution is 6.16. The second-order valence-corrected chi connectivity index (χ2v) is 10.4. The van der Waals surface area contributed by atoms with Crippen molar-refractivity contribution in [1.82, 2.24) is 15.3 Å². The standard InChI is InChI=1S/C33H22N8/c1-41-32-24-16-8-9-17-25(24)33(41)40-31-23-15-7-5-13-21(23)29(38-31)36-27-19-11-3-2-10-18(19)26(34-27)35-28-20-12-4-6-14-22(20)30(37-28)39-32/h2-17,26H,1H3,(H2,34,35,36,37,38,39,40)/p+1. The van der Waals surface area contributed by atoms with Crippen LogP contribution in [0.2, 0.25) is 0 Å². The van der Waals surface area contributed by atoms with Gasteiger partial charge in [-0.1, -0.05) is 82.8 Å². The molecule has 3 aliphatic heterocycles. The molecule has 3 aliphatic rings. The van der Waals surface area contributed by atoms with Gasteiger partial charge < -0.3 is 15.3 Å². The Morgan fingerprint density at radius 2 is 1.20 bits per heavy atom. The summed E-state index contributed by atoms with van der Waals surface area (Å²) in [7, 11) is 2.02. The number of nitrogens with zero attached hydrogens (tertiary/aromatic N) is 5. The number of aliphatic imine (C=N–C) groups is 2. The average Bonchev–Trinajstić information content (AvgIpc) is 3.72. The molecule has 1 unspecified atom stereocenters. The maximum Gasteiger partial charge on any atom is 0.273 e. The monoisotopic (exact) mass is 531 g/mol. The van der Waals surface area contributed by atoms with Crippen molar-refractivity contribution >= 4 is 50.7 Å². The molecule has 41 heavy (non-hydrogen) atoms. The summed E-state index contributed by atoms with van der Waals surface area (Å²) >= 11 is 0. The Hall–Kier alpha value is -5.63. The van der Waals surface area contributed by atoms with Gasteiger partial charge in [0.15, 0.2) is 0 Å². The first kappa shape index (κ1) is 22.2. The van der Waals surface area contributed by atoms with E-state index in [-0.39, 0.29) is 6.17 Å². The maximum absolute atomic E-state index is 5.21. The molecule has 4 aromatic carbocycles. The Morgan fingerprint density at radius 3 is 1.98 bits per heavy atom. The molecule has 8 bridgehead atoms. The lowest BCUT2D eigenvalue weighted by molar-refractivity contribution is -0.366. The van der Waals surface area contributed by atoms with Crippen LogP contribution in [0, 0.1) is 0 Å². The molecule has 5 heterocycles. The zero-order valence-electron chi connectivity index (χ0n) is 22.1. The first-order valence-electron chi connectivity index (χ1n) is 13.6. The summed E-state index contributed by atoms with van der Waals surface area (Å²) in [5.74, 6) is 3.92. The number of benzene rings is 4. The number of fused-ring (bicyclic) bond motifs is 19. The first-order valence-corrected chi connectivity index (χ1v) is 13.6. The van der Waals surface area contributed by atoms with E-state index in [0.29, 0.717) is 0 Å². The molecule has 194 valence electrons. The molecule has 0 radical (unpaired) electrons. The molecule has 6 aromatic rings. The number of hydrogen-bond acceptors (Lipinski definition) is 5. The molecule has 8 heteroatoms. The summed E-state index contributed by atoms with van der Waals surface area (Å²) in [5, 5.41) is 7.62. The zero-order chi connectivity index (χ0) is 27.1. The van der Waals surface area contributed by atoms with Crippen molar-refractivity contribution in [2.24, 2.45) is 20.0 Å². The largest absolute Gasteiger partial charge is 0.344 e. The Morgan fingerprint density at radius 1 is 0.585 bits per heavy atom. The Bertz CT molecular complexity index is 2310. The topological polar surface area (TPSA) is 96.1 Å². The molecule has 3 N–H and O–H groups in total. The van der Waals surface area contributed by atoms with Crippen LogP contribution in [0.5, 0.6) is 0 Å². The molecule has 1 atom stereocenters. The predicted molar refractivity (Wildman–Crippen MR) is 160 cm³/mol. The van der Waals surface area contributed by atoms with Crippen LogP contribution in [0.25, 0.3) is 21.5 Å². The number of rotatable bonds is 0. The summed E-state index contributed by atoms with van der Waals surface area (Å²) in [6.45, 7) is 0. The average molecular weight is 532 g/mol. The maximum atomic E-state index is 5.21. The van der Waals surface area contributed by atoms with Crippen LogP contribution in [-0.4, -0.2) is 39.1 Å². The lowest BCUT2D eigenvalue weighted by Gasteiger charge is -2.05. The lowest BCUT2D eigenvalue weighted by atomic mass is 10.1. The van der Waals surface area contributed by atoms with Gasteiger partial charge in [0.05, 0.1) is 18.2 Å². The molecule has 2 aromatic heterocycles. The van der Waals surface area contributed by atoms with Crippen LogP contribution in [-0.2, 0) is 0 Å². The van der Waals surface area contributed by atoms with Gasteiger partial charge in [-0.3, -0.25) is 0 Å². The lowest BCUT2D eigenvalue weighted by Crippen LogP contribution is -2.22. The highest BCUT2D eigenvalue weighted by atomic mass is 15.2. The van der Waals surface area contributed by atoms with Crippen molar-refractivity contribution in [2.75, 3.05) is 7.05 Å². The fourth-order valence-corrected chi connectivity index (χ4v) is 6.14. The van der Waals surface area contributed by atoms with Gasteiger partial charge >= 0.3 is 0 Å². The number of aromatic amines is 2. The third kappa shape index (κ3) is 3.18. The Kier molecular flexibility index (Phi) is 4.44. The number of hydrogen-bond donors (Lipinski definition) is 3. The molecule has 8 nitrogen and oxygen atoms in total. The summed E-state index contributed by atoms with van der Waals surface area (Å²) in [6, 6.07) is 33.0. The Labute approximate surface area is 233 Å². The van der Waals surface area contributed by atoms with Gasteiger partial charge in [-0.25, -0.2) is 14.6 Å². The van der Waals surface area contributed by atoms with Gasteiger partial charge in [-0.2, -0.15) is 0 Å². The van der Waals surface area contributed by atoms with Crippen LogP contribution in [0.15, 0.2) is 117 Å². The van der Waals surface area contributed by atoms with Gasteiger partial charge in [0.1, 0.15) is 23.3 Å². The molecular formula is C33H23N8+. The zero-order valence-corrected chi connectivity index (χ0v) is 22.1. The van der Waals surface area contributed by atoms with Gasteiger partial charge in [-0.15, -0.1) is 0 Å². The third-order valence-corrected chi connectivity index (χ3v) is 8.09. The van der Waals surface area contributed by atoms with E-state index in [2.05, 4.69) is 68.4 Å². The summed E-state index contributed by atoms with van der Waals surface area (Å²) < 4.78 is 2.06. The number of amidine groups is 3. The highest BCUT2D eigenvalue weighted by Crippen LogP contribution is 2.36. The summed E-state index contributed by atoms with van der Waals surface area (Å²) in [6.07, 6.45) is -0.305. The second-order valence-electron chi connectivity index (χ2n) is 10.4. The molecule has 0 spiro atoms. The summed E-state index contributed by atoms with van der Waals surface area (Å²) in [5.41, 5.74) is 5.70. The van der Waals surface area contributed by atoms with Crippen LogP contribution in [0.3, 0.4) is 0 Å². The first-order chi connectivity index (χ1) is 20.2. The van der Waals surface area contributed by atoms with Crippen molar-refractivity contribution in [2.45, 2.75) is 6.17 Å². The van der Waals surface area contributed by atoms with E-state index in [9.17, 15) is 0 Å². The minimum absolute atomic E-state index is 0.305. The molecular weight excluding hydrogens is 508 g/mol. The van der Waals surface area contributed by atoms with E-state index in [1.807, 2.05) is 55.6 Å². The molecule has 0 amide bonds. The molecule has 9 rings (SSSR count). The van der Waals surface area contributed by atoms with Gasteiger partial charge in [0.2, 0.25) is 11.3 Å². The highest BCUT2D eigenvalue weighted by Gasteiger charge is 2.33. The van der Waals surface area contributed by atoms with Crippen molar-refractivity contribution in [3.63, 3.8) is 0 Å². The number of nitrogens with one attached hydrogen (secondary N) is 3. The quantitative estimate of drug-likeness (QED) is 0.242. The fraction of sp³-hybridized carbons (Fsp3) is 0.0606. The Balaban J connectivity index is 1.43. The van der Waals surface area contributed by atoms with E-state index in [4.69, 9.17) is 20.0 Å². The van der Waals surface area contributed by atoms with Crippen molar-refractivity contribution < 1.29 is 4.58 Å². The second kappa shape index (κ2) is 8.19. The normalized spacial score (nSPS) is 17.0. The number of H-pyrrole nitrogens is 2. The molecule has 0 saturated carbocycles. The smallest absolute Gasteiger partial charge is 0.273 e. The van der Waals surface area contributed by atoms with Crippen LogP contribution in [0.1, 0.15) is 28.4 Å². The van der Waals surface area contributed by atoms with Crippen molar-refractivity contribution in [3.8, 4) is 0 Å². The van der Waals surface area contributed by atoms with Gasteiger partial charge in [0, 0.05) is 32.7 Å². The third-order valence-electron chi connectivity index (χ3n) is 8.09. The van der Waals surface area contributed by atoms with Crippen molar-refractivity contribution in [1.29, 1.82) is 0 Å². The minimum atomic E-state index is -0.305. The van der Waals surface area contributed by atoms with E-state index >= 15 is 0 Å². The predicted octanol–water partition coefficient (Wildman–Crippen LogP) is 4.76. The minimum Gasteiger partial charge on any atom is -0.344 e. The summed E-state index contributed by atoms with van der Waals surface area (Å²) in [4.78, 5) is 27.8. The fourth-order valence-electron chi connectivity index (χ4n) is 6.14. The van der Waals surface area contributed by atoms with Crippen LogP contribution < -0.4 is 16.3 Å². The molecule has 0 saturated heterocycles. The van der Waals surface area contributed by atoms with E-state index in [1.165, 1.54) is 0 Å². The SMILES string of the molecule is C[N+]1=C2N=c3[nH]c(c4ccccc34)=NC3NC(=Nc4[nH]c(c5ccccc45)N=C1c1ccccc12)c1ccccc13. The van der Waals surface area contributed by atoms with E-state index in [1.54, 1.807) is 0 Å². The molecule has 0 aliphatic carbocycles. The van der Waals surface area contributed by atoms with Crippen molar-refractivity contribution in [3.05, 3.63) is 130 Å². The van der Waals surface area contributed by atoms with Gasteiger partial charge in [0.25, 0.3) is 11.7 Å². The molecule has 0 fully saturated rings. The van der Waals surface area contributed by atoms with E-state index < -0.39 is 0 Å². The van der Waals surface area contributed by atoms with E-state index in [0.717, 1.165) is 83.9 Å². The van der Waals surface area contributed by atoms with Crippen LogP contribution >= 0.6 is 0 Å². The van der Waals surface area contributed by atoms with Gasteiger partial charge in [-0.05, 0) is 24.3 Å².